The largest absolute Gasteiger partial charge is 0.508 e. The normalized spacial score (nSPS) is 10.2. The summed E-state index contributed by atoms with van der Waals surface area (Å²) >= 11 is 0. The van der Waals surface area contributed by atoms with Gasteiger partial charge in [-0.05, 0) is 49.4 Å². The van der Waals surface area contributed by atoms with E-state index in [0.29, 0.717) is 12.1 Å². The first-order valence-corrected chi connectivity index (χ1v) is 6.69. The number of benzene rings is 2. The number of nitrogens with zero attached hydrogens (tertiary/aromatic N) is 1. The number of carbonyl (C=O) groups excluding carboxylic acids is 1. The van der Waals surface area contributed by atoms with E-state index in [1.807, 2.05) is 36.2 Å². The summed E-state index contributed by atoms with van der Waals surface area (Å²) in [6.07, 6.45) is 0. The predicted molar refractivity (Wildman–Crippen MR) is 83.2 cm³/mol. The highest BCUT2D eigenvalue weighted by Crippen LogP contribution is 2.24. The van der Waals surface area contributed by atoms with Crippen molar-refractivity contribution in [2.45, 2.75) is 13.5 Å². The van der Waals surface area contributed by atoms with E-state index < -0.39 is 0 Å². The summed E-state index contributed by atoms with van der Waals surface area (Å²) in [7, 11) is 3.56. The molecule has 21 heavy (non-hydrogen) atoms. The number of aromatic hydroxyl groups is 1. The van der Waals surface area contributed by atoms with Gasteiger partial charge in [-0.1, -0.05) is 0 Å². The van der Waals surface area contributed by atoms with Crippen LogP contribution in [0, 0.1) is 0 Å². The molecule has 0 aliphatic carbocycles. The quantitative estimate of drug-likeness (QED) is 0.857. The summed E-state index contributed by atoms with van der Waals surface area (Å²) in [5.41, 5.74) is 2.33. The van der Waals surface area contributed by atoms with Gasteiger partial charge in [0.1, 0.15) is 11.5 Å². The van der Waals surface area contributed by atoms with Crippen molar-refractivity contribution >= 4 is 11.5 Å². The van der Waals surface area contributed by atoms with Crippen molar-refractivity contribution in [1.82, 2.24) is 0 Å². The van der Waals surface area contributed by atoms with Gasteiger partial charge in [0.2, 0.25) is 0 Å². The van der Waals surface area contributed by atoms with Crippen molar-refractivity contribution in [1.29, 1.82) is 0 Å². The third kappa shape index (κ3) is 3.54. The zero-order valence-electron chi connectivity index (χ0n) is 12.5. The molecule has 0 bridgehead atoms. The van der Waals surface area contributed by atoms with Gasteiger partial charge in [0.15, 0.2) is 5.78 Å². The maximum absolute atomic E-state index is 11.4. The van der Waals surface area contributed by atoms with E-state index in [-0.39, 0.29) is 11.5 Å². The Morgan fingerprint density at radius 1 is 1.19 bits per heavy atom. The van der Waals surface area contributed by atoms with Gasteiger partial charge in [-0.3, -0.25) is 4.79 Å². The number of hydrogen-bond donors (Lipinski definition) is 1. The van der Waals surface area contributed by atoms with E-state index >= 15 is 0 Å². The molecule has 0 unspecified atom stereocenters. The van der Waals surface area contributed by atoms with Gasteiger partial charge in [0, 0.05) is 30.4 Å². The first-order chi connectivity index (χ1) is 10.0. The van der Waals surface area contributed by atoms with Gasteiger partial charge >= 0.3 is 0 Å². The van der Waals surface area contributed by atoms with Crippen molar-refractivity contribution in [3.63, 3.8) is 0 Å². The number of Topliss-reactive ketones (excluding diaryl/α,β-unsaturated/α-hetero) is 1. The lowest BCUT2D eigenvalue weighted by Crippen LogP contribution is -2.16. The molecule has 2 rings (SSSR count). The molecule has 110 valence electrons. The van der Waals surface area contributed by atoms with Gasteiger partial charge in [-0.15, -0.1) is 0 Å². The highest BCUT2D eigenvalue weighted by atomic mass is 16.5. The molecular formula is C17H19NO3. The highest BCUT2D eigenvalue weighted by molar-refractivity contribution is 5.94. The van der Waals surface area contributed by atoms with E-state index in [2.05, 4.69) is 0 Å². The molecule has 0 atom stereocenters. The minimum absolute atomic E-state index is 0.0108. The number of anilines is 1. The number of phenols is 1. The van der Waals surface area contributed by atoms with Crippen molar-refractivity contribution in [2.75, 3.05) is 19.1 Å². The van der Waals surface area contributed by atoms with Crippen molar-refractivity contribution in [3.05, 3.63) is 53.6 Å². The molecule has 0 heterocycles. The van der Waals surface area contributed by atoms with Gasteiger partial charge in [-0.2, -0.15) is 0 Å². The fourth-order valence-electron chi connectivity index (χ4n) is 2.11. The molecule has 0 aliphatic heterocycles. The molecule has 0 saturated heterocycles. The van der Waals surface area contributed by atoms with Crippen LogP contribution in [0.1, 0.15) is 22.8 Å². The number of rotatable bonds is 5. The summed E-state index contributed by atoms with van der Waals surface area (Å²) in [5.74, 6) is 0.984. The SMILES string of the molecule is COc1ccc(N(C)Cc2cc(C(C)=O)ccc2O)cc1. The van der Waals surface area contributed by atoms with Crippen LogP contribution in [0.2, 0.25) is 0 Å². The van der Waals surface area contributed by atoms with Crippen LogP contribution < -0.4 is 9.64 Å². The summed E-state index contributed by atoms with van der Waals surface area (Å²) in [6, 6.07) is 12.6. The van der Waals surface area contributed by atoms with Crippen LogP contribution in [-0.4, -0.2) is 25.0 Å². The molecule has 0 aromatic heterocycles. The van der Waals surface area contributed by atoms with Crippen LogP contribution in [0.25, 0.3) is 0 Å². The Balaban J connectivity index is 2.19. The van der Waals surface area contributed by atoms with E-state index in [9.17, 15) is 9.90 Å². The van der Waals surface area contributed by atoms with Crippen molar-refractivity contribution in [3.8, 4) is 11.5 Å². The second-order valence-corrected chi connectivity index (χ2v) is 4.95. The average Bonchev–Trinajstić information content (AvgIpc) is 2.49. The van der Waals surface area contributed by atoms with E-state index in [4.69, 9.17) is 4.74 Å². The Morgan fingerprint density at radius 2 is 1.86 bits per heavy atom. The number of ketones is 1. The van der Waals surface area contributed by atoms with Crippen LogP contribution in [-0.2, 0) is 6.54 Å². The zero-order chi connectivity index (χ0) is 15.4. The highest BCUT2D eigenvalue weighted by Gasteiger charge is 2.09. The molecule has 0 amide bonds. The molecule has 0 radical (unpaired) electrons. The Kier molecular flexibility index (Phi) is 4.48. The topological polar surface area (TPSA) is 49.8 Å². The predicted octanol–water partition coefficient (Wildman–Crippen LogP) is 3.24. The van der Waals surface area contributed by atoms with Gasteiger partial charge in [0.05, 0.1) is 7.11 Å². The Morgan fingerprint density at radius 3 is 2.43 bits per heavy atom. The molecule has 0 aliphatic rings. The number of hydrogen-bond acceptors (Lipinski definition) is 4. The Labute approximate surface area is 124 Å². The van der Waals surface area contributed by atoms with Gasteiger partial charge in [-0.25, -0.2) is 0 Å². The lowest BCUT2D eigenvalue weighted by Gasteiger charge is -2.20. The average molecular weight is 285 g/mol. The first kappa shape index (κ1) is 14.9. The smallest absolute Gasteiger partial charge is 0.159 e. The van der Waals surface area contributed by atoms with Crippen LogP contribution in [0.4, 0.5) is 5.69 Å². The summed E-state index contributed by atoms with van der Waals surface area (Å²) < 4.78 is 5.13. The monoisotopic (exact) mass is 285 g/mol. The molecule has 1 N–H and O–H groups in total. The maximum atomic E-state index is 11.4. The summed E-state index contributed by atoms with van der Waals surface area (Å²) in [6.45, 7) is 2.03. The fourth-order valence-corrected chi connectivity index (χ4v) is 2.11. The summed E-state index contributed by atoms with van der Waals surface area (Å²) in [4.78, 5) is 13.4. The molecular weight excluding hydrogens is 266 g/mol. The lowest BCUT2D eigenvalue weighted by molar-refractivity contribution is 0.101. The van der Waals surface area contributed by atoms with E-state index in [1.165, 1.54) is 6.92 Å². The third-order valence-electron chi connectivity index (χ3n) is 3.41. The number of phenolic OH excluding ortho intramolecular Hbond substituents is 1. The van der Waals surface area contributed by atoms with Crippen LogP contribution >= 0.6 is 0 Å². The van der Waals surface area contributed by atoms with E-state index in [0.717, 1.165) is 17.0 Å². The second-order valence-electron chi connectivity index (χ2n) is 4.95. The van der Waals surface area contributed by atoms with E-state index in [1.54, 1.807) is 25.3 Å². The molecule has 0 spiro atoms. The number of carbonyl (C=O) groups is 1. The lowest BCUT2D eigenvalue weighted by atomic mass is 10.1. The Bertz CT molecular complexity index is 635. The number of ether oxygens (including phenoxy) is 1. The molecule has 4 nitrogen and oxygen atoms in total. The Hall–Kier alpha value is -2.49. The molecule has 2 aromatic rings. The molecule has 2 aromatic carbocycles. The minimum atomic E-state index is -0.0108. The molecule has 0 saturated carbocycles. The fraction of sp³-hybridized carbons (Fsp3) is 0.235. The third-order valence-corrected chi connectivity index (χ3v) is 3.41. The maximum Gasteiger partial charge on any atom is 0.159 e. The molecule has 4 heteroatoms. The standard InChI is InChI=1S/C17H19NO3/c1-12(19)13-4-9-17(20)14(10-13)11-18(2)15-5-7-16(21-3)8-6-15/h4-10,20H,11H2,1-3H3. The number of methoxy groups -OCH3 is 1. The zero-order valence-corrected chi connectivity index (χ0v) is 12.5. The minimum Gasteiger partial charge on any atom is -0.508 e. The van der Waals surface area contributed by atoms with Gasteiger partial charge in [0.25, 0.3) is 0 Å². The van der Waals surface area contributed by atoms with Gasteiger partial charge < -0.3 is 14.7 Å². The van der Waals surface area contributed by atoms with Crippen LogP contribution in [0.3, 0.4) is 0 Å². The van der Waals surface area contributed by atoms with Crippen LogP contribution in [0.15, 0.2) is 42.5 Å². The molecule has 0 fully saturated rings. The second kappa shape index (κ2) is 6.31. The van der Waals surface area contributed by atoms with Crippen LogP contribution in [0.5, 0.6) is 11.5 Å². The van der Waals surface area contributed by atoms with Crippen molar-refractivity contribution < 1.29 is 14.6 Å². The van der Waals surface area contributed by atoms with Crippen molar-refractivity contribution in [2.24, 2.45) is 0 Å². The summed E-state index contributed by atoms with van der Waals surface area (Å²) in [5, 5.41) is 9.94. The first-order valence-electron chi connectivity index (χ1n) is 6.69.